The number of hydrogen-bond acceptors (Lipinski definition) is 3. The highest BCUT2D eigenvalue weighted by Crippen LogP contribution is 1.94. The van der Waals surface area contributed by atoms with Gasteiger partial charge in [0.25, 0.3) is 0 Å². The second-order valence-electron chi connectivity index (χ2n) is 2.04. The Morgan fingerprint density at radius 3 is 2.80 bits per heavy atom. The molecule has 0 bridgehead atoms. The van der Waals surface area contributed by atoms with E-state index in [1.165, 1.54) is 6.47 Å². The molecule has 0 spiro atoms. The number of rotatable bonds is 5. The molecule has 0 saturated heterocycles. The number of hydrogen-bond donors (Lipinski definition) is 0. The van der Waals surface area contributed by atoms with Crippen LogP contribution in [0.1, 0.15) is 13.8 Å². The van der Waals surface area contributed by atoms with Gasteiger partial charge in [-0.1, -0.05) is 12.2 Å². The van der Waals surface area contributed by atoms with Crippen molar-refractivity contribution in [2.75, 3.05) is 6.61 Å². The highest BCUT2D eigenvalue weighted by atomic mass is 16.7. The molecule has 0 rings (SSSR count). The maximum absolute atomic E-state index is 9.61. The summed E-state index contributed by atoms with van der Waals surface area (Å²) in [6.45, 7) is 8.75. The van der Waals surface area contributed by atoms with Crippen LogP contribution in [0.15, 0.2) is 12.2 Å². The maximum Gasteiger partial charge on any atom is 0.419 e. The van der Waals surface area contributed by atoms with Crippen LogP contribution >= 0.6 is 0 Å². The minimum atomic E-state index is -0.533. The summed E-state index contributed by atoms with van der Waals surface area (Å²) in [6.07, 6.45) is -0.533. The van der Waals surface area contributed by atoms with E-state index in [-0.39, 0.29) is 0 Å². The maximum atomic E-state index is 9.61. The lowest BCUT2D eigenvalue weighted by Crippen LogP contribution is -2.12. The fourth-order valence-corrected chi connectivity index (χ4v) is 0.361. The predicted molar refractivity (Wildman–Crippen MR) is 37.0 cm³/mol. The first-order valence-corrected chi connectivity index (χ1v) is 2.95. The van der Waals surface area contributed by atoms with Crippen LogP contribution < -0.4 is 0 Å². The Morgan fingerprint density at radius 1 is 1.80 bits per heavy atom. The van der Waals surface area contributed by atoms with Gasteiger partial charge >= 0.3 is 6.47 Å². The lowest BCUT2D eigenvalue weighted by Gasteiger charge is -2.08. The third kappa shape index (κ3) is 5.31. The van der Waals surface area contributed by atoms with Crippen molar-refractivity contribution in [3.05, 3.63) is 12.2 Å². The summed E-state index contributed by atoms with van der Waals surface area (Å²) in [7, 11) is 0. The molecule has 0 saturated carbocycles. The first kappa shape index (κ1) is 9.17. The van der Waals surface area contributed by atoms with Crippen molar-refractivity contribution in [2.45, 2.75) is 20.1 Å². The van der Waals surface area contributed by atoms with Gasteiger partial charge in [0.15, 0.2) is 0 Å². The molecule has 0 fully saturated rings. The fourth-order valence-electron chi connectivity index (χ4n) is 0.361. The smallest absolute Gasteiger partial charge is 0.419 e. The molecule has 3 nitrogen and oxygen atoms in total. The number of ether oxygens (including phenoxy) is 2. The average Bonchev–Trinajstić information content (AvgIpc) is 1.85. The van der Waals surface area contributed by atoms with Gasteiger partial charge in [-0.15, -0.1) is 0 Å². The van der Waals surface area contributed by atoms with Crippen LogP contribution in [0.5, 0.6) is 0 Å². The van der Waals surface area contributed by atoms with Crippen LogP contribution in [0.3, 0.4) is 0 Å². The Morgan fingerprint density at radius 2 is 2.40 bits per heavy atom. The van der Waals surface area contributed by atoms with E-state index >= 15 is 0 Å². The van der Waals surface area contributed by atoms with Gasteiger partial charge in [0.2, 0.25) is 6.29 Å². The topological polar surface area (TPSA) is 35.5 Å². The number of carbonyl (C=O) groups excluding carboxylic acids is 1. The average molecular weight is 143 g/mol. The van der Waals surface area contributed by atoms with Gasteiger partial charge in [-0.2, -0.15) is 0 Å². The zero-order valence-electron chi connectivity index (χ0n) is 6.22. The molecule has 0 aromatic rings. The molecule has 0 aliphatic carbocycles. The predicted octanol–water partition coefficient (Wildman–Crippen LogP) is 1.01. The highest BCUT2D eigenvalue weighted by Gasteiger charge is 1.99. The Balaban J connectivity index is 3.29. The Bertz CT molecular complexity index is 120. The molecule has 0 aromatic heterocycles. The normalized spacial score (nSPS) is 12.2. The van der Waals surface area contributed by atoms with Crippen molar-refractivity contribution in [1.82, 2.24) is 0 Å². The van der Waals surface area contributed by atoms with E-state index in [0.717, 1.165) is 5.57 Å². The minimum Gasteiger partial charge on any atom is -0.428 e. The lowest BCUT2D eigenvalue weighted by atomic mass is 10.4. The summed E-state index contributed by atoms with van der Waals surface area (Å²) in [5.74, 6) is 0. The monoisotopic (exact) mass is 143 g/mol. The molecule has 0 heterocycles. The van der Waals surface area contributed by atoms with E-state index in [1.54, 1.807) is 6.92 Å². The molecule has 0 aliphatic rings. The van der Waals surface area contributed by atoms with E-state index in [4.69, 9.17) is 4.74 Å². The van der Waals surface area contributed by atoms with Crippen LogP contribution in [0.25, 0.3) is 0 Å². The highest BCUT2D eigenvalue weighted by molar-refractivity contribution is 5.38. The van der Waals surface area contributed by atoms with E-state index in [1.807, 2.05) is 6.92 Å². The van der Waals surface area contributed by atoms with Crippen molar-refractivity contribution in [3.8, 4) is 0 Å². The lowest BCUT2D eigenvalue weighted by molar-refractivity contribution is -0.0667. The Hall–Kier alpha value is -0.830. The molecule has 10 heavy (non-hydrogen) atoms. The van der Waals surface area contributed by atoms with Crippen LogP contribution in [-0.2, 0) is 14.3 Å². The van der Waals surface area contributed by atoms with Crippen LogP contribution in [0.2, 0.25) is 0 Å². The van der Waals surface area contributed by atoms with Crippen LogP contribution in [0, 0.1) is 0 Å². The molecular formula is C7H11O3. The van der Waals surface area contributed by atoms with Gasteiger partial charge in [-0.05, 0) is 13.8 Å². The molecule has 0 amide bonds. The first-order valence-electron chi connectivity index (χ1n) is 2.95. The third-order valence-electron chi connectivity index (χ3n) is 0.779. The molecule has 0 aliphatic heterocycles. The molecule has 57 valence electrons. The molecule has 0 N–H and O–H groups in total. The summed E-state index contributed by atoms with van der Waals surface area (Å²) >= 11 is 0. The SMILES string of the molecule is C=C(C)COC(C)O[C]=O. The van der Waals surface area contributed by atoms with Crippen LogP contribution in [-0.4, -0.2) is 19.4 Å². The molecular weight excluding hydrogens is 132 g/mol. The van der Waals surface area contributed by atoms with Crippen molar-refractivity contribution in [2.24, 2.45) is 0 Å². The van der Waals surface area contributed by atoms with E-state index in [2.05, 4.69) is 11.3 Å². The standard InChI is InChI=1S/C7H11O3/c1-6(2)4-9-7(3)10-5-8/h7H,1,4H2,2-3H3. The summed E-state index contributed by atoms with van der Waals surface area (Å²) in [5, 5.41) is 0. The van der Waals surface area contributed by atoms with Gasteiger partial charge in [0.05, 0.1) is 6.61 Å². The summed E-state index contributed by atoms with van der Waals surface area (Å²) < 4.78 is 9.28. The third-order valence-corrected chi connectivity index (χ3v) is 0.779. The zero-order chi connectivity index (χ0) is 7.98. The van der Waals surface area contributed by atoms with Gasteiger partial charge in [-0.25, -0.2) is 4.79 Å². The summed E-state index contributed by atoms with van der Waals surface area (Å²) in [4.78, 5) is 9.61. The molecule has 3 heteroatoms. The molecule has 1 atom stereocenters. The quantitative estimate of drug-likeness (QED) is 0.425. The van der Waals surface area contributed by atoms with E-state index in [0.29, 0.717) is 6.61 Å². The van der Waals surface area contributed by atoms with Gasteiger partial charge in [0.1, 0.15) is 0 Å². The Kier molecular flexibility index (Phi) is 4.58. The summed E-state index contributed by atoms with van der Waals surface area (Å²) in [5.41, 5.74) is 0.890. The van der Waals surface area contributed by atoms with Gasteiger partial charge < -0.3 is 9.47 Å². The second-order valence-corrected chi connectivity index (χ2v) is 2.04. The molecule has 1 unspecified atom stereocenters. The van der Waals surface area contributed by atoms with Gasteiger partial charge in [0, 0.05) is 0 Å². The van der Waals surface area contributed by atoms with E-state index < -0.39 is 6.29 Å². The zero-order valence-corrected chi connectivity index (χ0v) is 6.22. The largest absolute Gasteiger partial charge is 0.428 e. The van der Waals surface area contributed by atoms with Crippen molar-refractivity contribution in [3.63, 3.8) is 0 Å². The second kappa shape index (κ2) is 4.99. The van der Waals surface area contributed by atoms with Crippen LogP contribution in [0.4, 0.5) is 0 Å². The van der Waals surface area contributed by atoms with Crippen molar-refractivity contribution in [1.29, 1.82) is 0 Å². The van der Waals surface area contributed by atoms with Crippen molar-refractivity contribution >= 4 is 6.47 Å². The Labute approximate surface area is 60.6 Å². The van der Waals surface area contributed by atoms with E-state index in [9.17, 15) is 4.79 Å². The molecule has 1 radical (unpaired) electrons. The van der Waals surface area contributed by atoms with Crippen molar-refractivity contribution < 1.29 is 14.3 Å². The van der Waals surface area contributed by atoms with Gasteiger partial charge in [-0.3, -0.25) is 0 Å². The minimum absolute atomic E-state index is 0.406. The molecule has 0 aromatic carbocycles. The first-order chi connectivity index (χ1) is 4.66. The fraction of sp³-hybridized carbons (Fsp3) is 0.571. The summed E-state index contributed by atoms with van der Waals surface area (Å²) in [6, 6.07) is 0.